The van der Waals surface area contributed by atoms with Gasteiger partial charge in [0.2, 0.25) is 5.75 Å². The number of likely N-dealkylation sites (tertiary alicyclic amines) is 1. The second kappa shape index (κ2) is 8.06. The molecule has 6 heteroatoms. The molecule has 1 amide bonds. The van der Waals surface area contributed by atoms with Gasteiger partial charge in [-0.15, -0.1) is 0 Å². The summed E-state index contributed by atoms with van der Waals surface area (Å²) in [5, 5.41) is 3.01. The van der Waals surface area contributed by atoms with Crippen LogP contribution in [0.3, 0.4) is 0 Å². The van der Waals surface area contributed by atoms with Gasteiger partial charge in [-0.2, -0.15) is 0 Å². The summed E-state index contributed by atoms with van der Waals surface area (Å²) < 4.78 is 15.9. The predicted octanol–water partition coefficient (Wildman–Crippen LogP) is 1.93. The Morgan fingerprint density at radius 3 is 2.57 bits per heavy atom. The maximum Gasteiger partial charge on any atom is 0.255 e. The lowest BCUT2D eigenvalue weighted by Crippen LogP contribution is -2.40. The van der Waals surface area contributed by atoms with Gasteiger partial charge in [0, 0.05) is 12.6 Å². The fourth-order valence-corrected chi connectivity index (χ4v) is 3.13. The summed E-state index contributed by atoms with van der Waals surface area (Å²) in [5.74, 6) is 1.20. The Kier molecular flexibility index (Phi) is 6.10. The average molecular weight is 322 g/mol. The van der Waals surface area contributed by atoms with Gasteiger partial charge in [-0.1, -0.05) is 6.92 Å². The lowest BCUT2D eigenvalue weighted by atomic mass is 10.1. The molecule has 1 aliphatic heterocycles. The quantitative estimate of drug-likeness (QED) is 0.831. The summed E-state index contributed by atoms with van der Waals surface area (Å²) in [6.07, 6.45) is 2.31. The first kappa shape index (κ1) is 17.4. The number of carbonyl (C=O) groups excluding carboxylic acids is 1. The minimum absolute atomic E-state index is 0.161. The second-order valence-electron chi connectivity index (χ2n) is 5.52. The molecule has 2 rings (SSSR count). The third-order valence-electron chi connectivity index (χ3n) is 4.35. The SMILES string of the molecule is CCN1CCCC1CNC(=O)c1ccc(OC)c(OC)c1OC. The largest absolute Gasteiger partial charge is 0.493 e. The summed E-state index contributed by atoms with van der Waals surface area (Å²) in [7, 11) is 4.60. The number of carbonyl (C=O) groups is 1. The Labute approximate surface area is 137 Å². The molecule has 1 atom stereocenters. The molecule has 0 radical (unpaired) electrons. The van der Waals surface area contributed by atoms with E-state index in [1.807, 2.05) is 0 Å². The number of nitrogens with zero attached hydrogens (tertiary/aromatic N) is 1. The van der Waals surface area contributed by atoms with Crippen LogP contribution in [0.1, 0.15) is 30.1 Å². The van der Waals surface area contributed by atoms with Crippen LogP contribution in [0.15, 0.2) is 12.1 Å². The number of amides is 1. The smallest absolute Gasteiger partial charge is 0.255 e. The van der Waals surface area contributed by atoms with E-state index in [9.17, 15) is 4.79 Å². The fourth-order valence-electron chi connectivity index (χ4n) is 3.13. The molecule has 23 heavy (non-hydrogen) atoms. The fraction of sp³-hybridized carbons (Fsp3) is 0.588. The highest BCUT2D eigenvalue weighted by atomic mass is 16.5. The Bertz CT molecular complexity index is 548. The van der Waals surface area contributed by atoms with Gasteiger partial charge in [-0.05, 0) is 38.1 Å². The minimum atomic E-state index is -0.161. The zero-order chi connectivity index (χ0) is 16.8. The highest BCUT2D eigenvalue weighted by Crippen LogP contribution is 2.39. The number of nitrogens with one attached hydrogen (secondary N) is 1. The van der Waals surface area contributed by atoms with E-state index in [4.69, 9.17) is 14.2 Å². The highest BCUT2D eigenvalue weighted by molar-refractivity contribution is 5.98. The molecular formula is C17H26N2O4. The summed E-state index contributed by atoms with van der Waals surface area (Å²) >= 11 is 0. The monoisotopic (exact) mass is 322 g/mol. The maximum atomic E-state index is 12.5. The minimum Gasteiger partial charge on any atom is -0.493 e. The van der Waals surface area contributed by atoms with Crippen LogP contribution in [0.25, 0.3) is 0 Å². The molecule has 0 saturated carbocycles. The van der Waals surface area contributed by atoms with Gasteiger partial charge < -0.3 is 19.5 Å². The summed E-state index contributed by atoms with van der Waals surface area (Å²) in [6.45, 7) is 4.92. The van der Waals surface area contributed by atoms with Crippen LogP contribution in [-0.2, 0) is 0 Å². The molecule has 0 spiro atoms. The lowest BCUT2D eigenvalue weighted by Gasteiger charge is -2.23. The molecular weight excluding hydrogens is 296 g/mol. The van der Waals surface area contributed by atoms with Crippen LogP contribution in [-0.4, -0.2) is 57.8 Å². The van der Waals surface area contributed by atoms with E-state index in [1.165, 1.54) is 20.6 Å². The third kappa shape index (κ3) is 3.69. The zero-order valence-electron chi connectivity index (χ0n) is 14.3. The van der Waals surface area contributed by atoms with Gasteiger partial charge in [0.05, 0.1) is 26.9 Å². The van der Waals surface area contributed by atoms with E-state index < -0.39 is 0 Å². The number of hydrogen-bond acceptors (Lipinski definition) is 5. The van der Waals surface area contributed by atoms with Crippen LogP contribution < -0.4 is 19.5 Å². The molecule has 0 aromatic heterocycles. The van der Waals surface area contributed by atoms with Crippen LogP contribution in [0.4, 0.5) is 0 Å². The molecule has 0 bridgehead atoms. The van der Waals surface area contributed by atoms with E-state index >= 15 is 0 Å². The molecule has 128 valence electrons. The van der Waals surface area contributed by atoms with Gasteiger partial charge in [-0.25, -0.2) is 0 Å². The van der Waals surface area contributed by atoms with Crippen molar-refractivity contribution in [2.24, 2.45) is 0 Å². The Balaban J connectivity index is 2.12. The average Bonchev–Trinajstić information content (AvgIpc) is 3.05. The van der Waals surface area contributed by atoms with Crippen molar-refractivity contribution in [2.45, 2.75) is 25.8 Å². The standard InChI is InChI=1S/C17H26N2O4/c1-5-19-10-6-7-12(19)11-18-17(20)13-8-9-14(21-2)16(23-4)15(13)22-3/h8-9,12H,5-7,10-11H2,1-4H3,(H,18,20). The normalized spacial score (nSPS) is 17.8. The molecule has 1 unspecified atom stereocenters. The van der Waals surface area contributed by atoms with Crippen LogP contribution in [0.2, 0.25) is 0 Å². The number of methoxy groups -OCH3 is 3. The topological polar surface area (TPSA) is 60.0 Å². The van der Waals surface area contributed by atoms with E-state index in [-0.39, 0.29) is 5.91 Å². The Morgan fingerprint density at radius 2 is 1.96 bits per heavy atom. The number of benzene rings is 1. The van der Waals surface area contributed by atoms with Crippen LogP contribution in [0.5, 0.6) is 17.2 Å². The first-order valence-corrected chi connectivity index (χ1v) is 7.97. The summed E-state index contributed by atoms with van der Waals surface area (Å²) in [5.41, 5.74) is 0.450. The molecule has 1 aromatic rings. The van der Waals surface area contributed by atoms with Crippen molar-refractivity contribution in [1.29, 1.82) is 0 Å². The molecule has 1 aromatic carbocycles. The van der Waals surface area contributed by atoms with Gasteiger partial charge in [0.15, 0.2) is 11.5 Å². The second-order valence-corrected chi connectivity index (χ2v) is 5.52. The van der Waals surface area contributed by atoms with Crippen molar-refractivity contribution >= 4 is 5.91 Å². The predicted molar refractivity (Wildman–Crippen MR) is 88.7 cm³/mol. The Hall–Kier alpha value is -1.95. The van der Waals surface area contributed by atoms with Crippen LogP contribution in [0, 0.1) is 0 Å². The number of hydrogen-bond donors (Lipinski definition) is 1. The van der Waals surface area contributed by atoms with Crippen molar-refractivity contribution in [3.05, 3.63) is 17.7 Å². The zero-order valence-corrected chi connectivity index (χ0v) is 14.3. The van der Waals surface area contributed by atoms with E-state index in [1.54, 1.807) is 19.2 Å². The third-order valence-corrected chi connectivity index (χ3v) is 4.35. The molecule has 1 N–H and O–H groups in total. The van der Waals surface area contributed by atoms with Crippen LogP contribution >= 0.6 is 0 Å². The lowest BCUT2D eigenvalue weighted by molar-refractivity contribution is 0.0937. The molecule has 6 nitrogen and oxygen atoms in total. The van der Waals surface area contributed by atoms with Crippen molar-refractivity contribution in [2.75, 3.05) is 41.0 Å². The molecule has 1 aliphatic rings. The Morgan fingerprint density at radius 1 is 1.22 bits per heavy atom. The van der Waals surface area contributed by atoms with Crippen molar-refractivity contribution in [1.82, 2.24) is 10.2 Å². The van der Waals surface area contributed by atoms with E-state index in [0.717, 1.165) is 19.5 Å². The highest BCUT2D eigenvalue weighted by Gasteiger charge is 2.25. The number of rotatable bonds is 7. The van der Waals surface area contributed by atoms with E-state index in [0.29, 0.717) is 35.4 Å². The number of likely N-dealkylation sites (N-methyl/N-ethyl adjacent to an activating group) is 1. The van der Waals surface area contributed by atoms with Gasteiger partial charge in [0.1, 0.15) is 0 Å². The summed E-state index contributed by atoms with van der Waals surface area (Å²) in [4.78, 5) is 14.9. The molecule has 1 saturated heterocycles. The molecule has 1 fully saturated rings. The van der Waals surface area contributed by atoms with Gasteiger partial charge in [-0.3, -0.25) is 9.69 Å². The van der Waals surface area contributed by atoms with Crippen molar-refractivity contribution in [3.8, 4) is 17.2 Å². The molecule has 0 aliphatic carbocycles. The summed E-state index contributed by atoms with van der Waals surface area (Å²) in [6, 6.07) is 3.82. The first-order valence-electron chi connectivity index (χ1n) is 7.97. The van der Waals surface area contributed by atoms with Gasteiger partial charge >= 0.3 is 0 Å². The van der Waals surface area contributed by atoms with Gasteiger partial charge in [0.25, 0.3) is 5.91 Å². The van der Waals surface area contributed by atoms with E-state index in [2.05, 4.69) is 17.1 Å². The first-order chi connectivity index (χ1) is 11.2. The number of ether oxygens (including phenoxy) is 3. The van der Waals surface area contributed by atoms with Crippen molar-refractivity contribution < 1.29 is 19.0 Å². The molecule has 1 heterocycles. The maximum absolute atomic E-state index is 12.5. The van der Waals surface area contributed by atoms with Crippen molar-refractivity contribution in [3.63, 3.8) is 0 Å².